The molecular formula is C17H16ClN3O3. The number of halogens is 1. The van der Waals surface area contributed by atoms with Crippen molar-refractivity contribution in [2.45, 2.75) is 19.6 Å². The highest BCUT2D eigenvalue weighted by Crippen LogP contribution is 2.30. The summed E-state index contributed by atoms with van der Waals surface area (Å²) in [6.45, 7) is 2.01. The third-order valence-electron chi connectivity index (χ3n) is 3.53. The zero-order valence-corrected chi connectivity index (χ0v) is 13.7. The van der Waals surface area contributed by atoms with Crippen LogP contribution in [0.4, 0.5) is 16.2 Å². The number of anilines is 2. The van der Waals surface area contributed by atoms with E-state index < -0.39 is 6.10 Å². The molecule has 2 aromatic carbocycles. The number of rotatable bonds is 3. The minimum atomic E-state index is -0.508. The Balaban J connectivity index is 1.58. The van der Waals surface area contributed by atoms with E-state index in [1.54, 1.807) is 43.3 Å². The molecule has 1 aliphatic rings. The molecular weight excluding hydrogens is 330 g/mol. The number of nitrogens with one attached hydrogen (secondary N) is 3. The molecule has 0 saturated heterocycles. The van der Waals surface area contributed by atoms with Gasteiger partial charge in [0.05, 0.1) is 5.69 Å². The lowest BCUT2D eigenvalue weighted by atomic mass is 10.1. The molecule has 0 saturated carbocycles. The van der Waals surface area contributed by atoms with Crippen molar-refractivity contribution < 1.29 is 14.3 Å². The zero-order valence-electron chi connectivity index (χ0n) is 12.9. The van der Waals surface area contributed by atoms with Crippen molar-refractivity contribution in [3.05, 3.63) is 53.1 Å². The summed E-state index contributed by atoms with van der Waals surface area (Å²) in [5.74, 6) is 0.435. The topological polar surface area (TPSA) is 79.5 Å². The number of amides is 3. The van der Waals surface area contributed by atoms with Gasteiger partial charge in [-0.05, 0) is 48.9 Å². The van der Waals surface area contributed by atoms with Crippen LogP contribution in [0.5, 0.6) is 5.75 Å². The van der Waals surface area contributed by atoms with Gasteiger partial charge in [-0.25, -0.2) is 4.79 Å². The van der Waals surface area contributed by atoms with Crippen molar-refractivity contribution >= 4 is 34.9 Å². The summed E-state index contributed by atoms with van der Waals surface area (Å²) in [4.78, 5) is 23.5. The van der Waals surface area contributed by atoms with Gasteiger partial charge >= 0.3 is 6.03 Å². The molecule has 1 heterocycles. The molecule has 3 amide bonds. The van der Waals surface area contributed by atoms with Gasteiger partial charge in [0.25, 0.3) is 5.91 Å². The van der Waals surface area contributed by atoms with Gasteiger partial charge < -0.3 is 20.7 Å². The van der Waals surface area contributed by atoms with E-state index in [4.69, 9.17) is 16.3 Å². The predicted octanol–water partition coefficient (Wildman–Crippen LogP) is 3.38. The Morgan fingerprint density at radius 2 is 2.00 bits per heavy atom. The van der Waals surface area contributed by atoms with Crippen molar-refractivity contribution in [1.82, 2.24) is 5.32 Å². The van der Waals surface area contributed by atoms with Crippen molar-refractivity contribution in [3.63, 3.8) is 0 Å². The van der Waals surface area contributed by atoms with Crippen LogP contribution in [0.25, 0.3) is 0 Å². The summed E-state index contributed by atoms with van der Waals surface area (Å²) < 4.78 is 5.49. The highest BCUT2D eigenvalue weighted by molar-refractivity contribution is 6.30. The fourth-order valence-electron chi connectivity index (χ4n) is 2.26. The monoisotopic (exact) mass is 345 g/mol. The summed E-state index contributed by atoms with van der Waals surface area (Å²) in [6, 6.07) is 11.9. The van der Waals surface area contributed by atoms with Gasteiger partial charge in [-0.1, -0.05) is 17.7 Å². The first-order valence-electron chi connectivity index (χ1n) is 7.42. The second-order valence-electron chi connectivity index (χ2n) is 5.39. The van der Waals surface area contributed by atoms with E-state index in [9.17, 15) is 9.59 Å². The summed E-state index contributed by atoms with van der Waals surface area (Å²) >= 11 is 5.80. The lowest BCUT2D eigenvalue weighted by Gasteiger charge is -2.23. The maximum absolute atomic E-state index is 11.9. The van der Waals surface area contributed by atoms with Crippen LogP contribution < -0.4 is 20.7 Å². The molecule has 7 heteroatoms. The summed E-state index contributed by atoms with van der Waals surface area (Å²) in [5, 5.41) is 8.85. The molecule has 0 spiro atoms. The Labute approximate surface area is 144 Å². The molecule has 1 aliphatic heterocycles. The van der Waals surface area contributed by atoms with Gasteiger partial charge in [-0.3, -0.25) is 4.79 Å². The molecule has 0 fully saturated rings. The minimum Gasteiger partial charge on any atom is -0.479 e. The number of carbonyl (C=O) groups excluding carboxylic acids is 2. The lowest BCUT2D eigenvalue weighted by molar-refractivity contribution is -0.122. The van der Waals surface area contributed by atoms with Crippen LogP contribution in [-0.2, 0) is 11.3 Å². The van der Waals surface area contributed by atoms with Crippen LogP contribution in [0.15, 0.2) is 42.5 Å². The van der Waals surface area contributed by atoms with Crippen LogP contribution in [0, 0.1) is 0 Å². The average molecular weight is 346 g/mol. The maximum Gasteiger partial charge on any atom is 0.319 e. The number of ether oxygens (including phenoxy) is 1. The van der Waals surface area contributed by atoms with Crippen LogP contribution >= 0.6 is 11.6 Å². The van der Waals surface area contributed by atoms with Gasteiger partial charge in [-0.2, -0.15) is 0 Å². The summed E-state index contributed by atoms with van der Waals surface area (Å²) in [6.07, 6.45) is -0.508. The molecule has 2 aromatic rings. The highest BCUT2D eigenvalue weighted by atomic mass is 35.5. The number of fused-ring (bicyclic) bond motifs is 1. The van der Waals surface area contributed by atoms with Crippen molar-refractivity contribution in [1.29, 1.82) is 0 Å². The Morgan fingerprint density at radius 1 is 1.25 bits per heavy atom. The smallest absolute Gasteiger partial charge is 0.319 e. The third kappa shape index (κ3) is 3.78. The quantitative estimate of drug-likeness (QED) is 0.797. The summed E-state index contributed by atoms with van der Waals surface area (Å²) in [5.41, 5.74) is 2.10. The molecule has 124 valence electrons. The Bertz CT molecular complexity index is 777. The second-order valence-corrected chi connectivity index (χ2v) is 5.83. The molecule has 0 radical (unpaired) electrons. The fourth-order valence-corrected chi connectivity index (χ4v) is 2.38. The van der Waals surface area contributed by atoms with E-state index in [1.807, 2.05) is 6.07 Å². The number of benzene rings is 2. The lowest BCUT2D eigenvalue weighted by Crippen LogP contribution is -2.34. The van der Waals surface area contributed by atoms with Crippen LogP contribution in [0.3, 0.4) is 0 Å². The van der Waals surface area contributed by atoms with Gasteiger partial charge in [0.2, 0.25) is 0 Å². The first-order valence-corrected chi connectivity index (χ1v) is 7.80. The SMILES string of the molecule is CC1Oc2ccc(CNC(=O)Nc3ccc(Cl)cc3)cc2NC1=O. The Morgan fingerprint density at radius 3 is 2.75 bits per heavy atom. The molecule has 1 unspecified atom stereocenters. The number of hydrogen-bond acceptors (Lipinski definition) is 3. The van der Waals surface area contributed by atoms with Crippen molar-refractivity contribution in [2.24, 2.45) is 0 Å². The maximum atomic E-state index is 11.9. The van der Waals surface area contributed by atoms with Crippen LogP contribution in [0.2, 0.25) is 5.02 Å². The van der Waals surface area contributed by atoms with E-state index in [0.29, 0.717) is 28.7 Å². The van der Waals surface area contributed by atoms with E-state index in [-0.39, 0.29) is 11.9 Å². The predicted molar refractivity (Wildman–Crippen MR) is 92.5 cm³/mol. The number of carbonyl (C=O) groups is 2. The zero-order chi connectivity index (χ0) is 17.1. The summed E-state index contributed by atoms with van der Waals surface area (Å²) in [7, 11) is 0. The van der Waals surface area contributed by atoms with Gasteiger partial charge in [0, 0.05) is 17.3 Å². The Kier molecular flexibility index (Phi) is 4.57. The molecule has 3 rings (SSSR count). The Hall–Kier alpha value is -2.73. The number of hydrogen-bond donors (Lipinski definition) is 3. The van der Waals surface area contributed by atoms with Crippen LogP contribution in [0.1, 0.15) is 12.5 Å². The number of urea groups is 1. The van der Waals surface area contributed by atoms with Crippen molar-refractivity contribution in [3.8, 4) is 5.75 Å². The van der Waals surface area contributed by atoms with E-state index in [0.717, 1.165) is 5.56 Å². The molecule has 0 bridgehead atoms. The first kappa shape index (κ1) is 16.1. The largest absolute Gasteiger partial charge is 0.479 e. The van der Waals surface area contributed by atoms with E-state index in [1.165, 1.54) is 0 Å². The van der Waals surface area contributed by atoms with E-state index in [2.05, 4.69) is 16.0 Å². The molecule has 6 nitrogen and oxygen atoms in total. The van der Waals surface area contributed by atoms with Crippen LogP contribution in [-0.4, -0.2) is 18.0 Å². The van der Waals surface area contributed by atoms with E-state index >= 15 is 0 Å². The normalized spacial score (nSPS) is 15.8. The fraction of sp³-hybridized carbons (Fsp3) is 0.176. The molecule has 0 aliphatic carbocycles. The second kappa shape index (κ2) is 6.80. The molecule has 3 N–H and O–H groups in total. The first-order chi connectivity index (χ1) is 11.5. The minimum absolute atomic E-state index is 0.187. The molecule has 0 aromatic heterocycles. The third-order valence-corrected chi connectivity index (χ3v) is 3.78. The van der Waals surface area contributed by atoms with Gasteiger partial charge in [0.15, 0.2) is 6.10 Å². The molecule has 1 atom stereocenters. The van der Waals surface area contributed by atoms with Crippen molar-refractivity contribution in [2.75, 3.05) is 10.6 Å². The standard InChI is InChI=1S/C17H16ClN3O3/c1-10-16(22)21-14-8-11(2-7-15(14)24-10)9-19-17(23)20-13-5-3-12(18)4-6-13/h2-8,10H,9H2,1H3,(H,21,22)(H2,19,20,23). The average Bonchev–Trinajstić information content (AvgIpc) is 2.56. The van der Waals surface area contributed by atoms with Gasteiger partial charge in [0.1, 0.15) is 5.75 Å². The van der Waals surface area contributed by atoms with Gasteiger partial charge in [-0.15, -0.1) is 0 Å². The molecule has 24 heavy (non-hydrogen) atoms. The highest BCUT2D eigenvalue weighted by Gasteiger charge is 2.23.